The predicted molar refractivity (Wildman–Crippen MR) is 192 cm³/mol. The van der Waals surface area contributed by atoms with Crippen molar-refractivity contribution in [2.24, 2.45) is 0 Å². The first-order chi connectivity index (χ1) is 23.4. The number of ether oxygens (including phenoxy) is 1. The number of phosphoric ester groups is 1. The highest BCUT2D eigenvalue weighted by molar-refractivity contribution is 7.48. The smallest absolute Gasteiger partial charge is 0.463 e. The van der Waals surface area contributed by atoms with Gasteiger partial charge < -0.3 is 20.7 Å². The minimum absolute atomic E-state index is 0.0139. The maximum Gasteiger partial charge on any atom is 0.475 e. The maximum absolute atomic E-state index is 13.5. The van der Waals surface area contributed by atoms with Gasteiger partial charge in [-0.2, -0.15) is 15.1 Å². The molecule has 0 atom stereocenters. The monoisotopic (exact) mass is 713 g/mol. The molecule has 0 saturated heterocycles. The molecule has 15 heteroatoms. The molecule has 2 heterocycles. The Balaban J connectivity index is 1.28. The zero-order chi connectivity index (χ0) is 36.6. The number of rotatable bonds is 17. The van der Waals surface area contributed by atoms with Crippen molar-refractivity contribution in [3.8, 4) is 6.01 Å². The van der Waals surface area contributed by atoms with Crippen molar-refractivity contribution in [2.75, 3.05) is 30.4 Å². The molecule has 0 saturated carbocycles. The predicted octanol–water partition coefficient (Wildman–Crippen LogP) is 7.70. The number of aromatic amines is 1. The number of amides is 1. The molecular weight excluding hydrogens is 664 g/mol. The molecule has 50 heavy (non-hydrogen) atoms. The SMILES string of the molecule is CC(C)(CCOP(=O)(OC(C)(C)C)OC(C)(C)C)NCCCOc1nc(Nc2cc(CC(=O)Nc3cccc(F)c3)[nH]n2)c2ccccc2n1. The molecule has 2 aromatic carbocycles. The van der Waals surface area contributed by atoms with E-state index in [2.05, 4.69) is 36.1 Å². The molecule has 0 unspecified atom stereocenters. The minimum atomic E-state index is -3.78. The molecule has 0 bridgehead atoms. The van der Waals surface area contributed by atoms with E-state index in [-0.39, 0.29) is 30.5 Å². The van der Waals surface area contributed by atoms with Crippen molar-refractivity contribution in [1.29, 1.82) is 0 Å². The van der Waals surface area contributed by atoms with Crippen molar-refractivity contribution in [3.05, 3.63) is 66.1 Å². The van der Waals surface area contributed by atoms with E-state index in [1.54, 1.807) is 53.7 Å². The number of para-hydroxylation sites is 1. The van der Waals surface area contributed by atoms with Crippen LogP contribution in [0.3, 0.4) is 0 Å². The van der Waals surface area contributed by atoms with E-state index in [0.29, 0.717) is 54.5 Å². The van der Waals surface area contributed by atoms with Gasteiger partial charge in [0.2, 0.25) is 5.91 Å². The third-order valence-electron chi connectivity index (χ3n) is 6.82. The van der Waals surface area contributed by atoms with Crippen LogP contribution in [0.25, 0.3) is 10.9 Å². The summed E-state index contributed by atoms with van der Waals surface area (Å²) < 4.78 is 49.9. The van der Waals surface area contributed by atoms with E-state index in [1.807, 2.05) is 38.1 Å². The summed E-state index contributed by atoms with van der Waals surface area (Å²) in [5.74, 6) is 0.200. The normalized spacial score (nSPS) is 12.7. The number of nitrogens with one attached hydrogen (secondary N) is 4. The molecule has 0 aliphatic carbocycles. The molecule has 272 valence electrons. The number of halogens is 1. The van der Waals surface area contributed by atoms with Crippen molar-refractivity contribution in [1.82, 2.24) is 25.5 Å². The van der Waals surface area contributed by atoms with Gasteiger partial charge in [0.25, 0.3) is 0 Å². The zero-order valence-electron chi connectivity index (χ0n) is 30.1. The first-order valence-electron chi connectivity index (χ1n) is 16.5. The third-order valence-corrected chi connectivity index (χ3v) is 8.86. The van der Waals surface area contributed by atoms with Gasteiger partial charge in [-0.15, -0.1) is 0 Å². The molecule has 13 nitrogen and oxygen atoms in total. The number of nitrogens with zero attached hydrogens (tertiary/aromatic N) is 3. The fourth-order valence-electron chi connectivity index (χ4n) is 4.70. The van der Waals surface area contributed by atoms with Crippen LogP contribution in [-0.2, 0) is 29.4 Å². The van der Waals surface area contributed by atoms with Crippen molar-refractivity contribution in [3.63, 3.8) is 0 Å². The van der Waals surface area contributed by atoms with Gasteiger partial charge in [0, 0.05) is 28.4 Å². The van der Waals surface area contributed by atoms with Crippen LogP contribution in [0.1, 0.15) is 73.9 Å². The maximum atomic E-state index is 13.5. The average Bonchev–Trinajstić information content (AvgIpc) is 3.41. The standard InChI is InChI=1S/C35H49FN7O6P/c1-33(2,3)48-50(45,49-34(4,5)6)47-20-17-35(7,8)37-18-12-19-46-32-39-28-16-10-9-15-27(28)31(41-32)40-29-22-26(42-43-29)23-30(44)38-25-14-11-13-24(36)21-25/h9-11,13-16,21-22,37H,12,17-20,23H2,1-8H3,(H,38,44)(H2,39,40,41,42,43). The number of H-pyrrole nitrogens is 1. The average molecular weight is 714 g/mol. The van der Waals surface area contributed by atoms with E-state index in [4.69, 9.17) is 18.3 Å². The first-order valence-corrected chi connectivity index (χ1v) is 18.0. The Morgan fingerprint density at radius 2 is 1.64 bits per heavy atom. The van der Waals surface area contributed by atoms with Crippen LogP contribution in [0.2, 0.25) is 0 Å². The van der Waals surface area contributed by atoms with Crippen molar-refractivity contribution < 1.29 is 32.1 Å². The van der Waals surface area contributed by atoms with Gasteiger partial charge >= 0.3 is 13.8 Å². The molecule has 4 N–H and O–H groups in total. The molecule has 0 spiro atoms. The van der Waals surface area contributed by atoms with Gasteiger partial charge in [0.1, 0.15) is 11.6 Å². The van der Waals surface area contributed by atoms with Crippen LogP contribution < -0.4 is 20.7 Å². The summed E-state index contributed by atoms with van der Waals surface area (Å²) in [6.45, 7) is 16.1. The lowest BCUT2D eigenvalue weighted by Gasteiger charge is -2.32. The van der Waals surface area contributed by atoms with Crippen LogP contribution >= 0.6 is 7.82 Å². The summed E-state index contributed by atoms with van der Waals surface area (Å²) >= 11 is 0. The quantitative estimate of drug-likeness (QED) is 0.0627. The molecule has 0 aliphatic rings. The van der Waals surface area contributed by atoms with Crippen LogP contribution in [-0.4, -0.2) is 62.6 Å². The lowest BCUT2D eigenvalue weighted by atomic mass is 10.0. The Labute approximate surface area is 293 Å². The summed E-state index contributed by atoms with van der Waals surface area (Å²) in [6.07, 6.45) is 1.25. The van der Waals surface area contributed by atoms with Gasteiger partial charge in [0.15, 0.2) is 5.82 Å². The molecule has 0 aliphatic heterocycles. The summed E-state index contributed by atoms with van der Waals surface area (Å²) in [5, 5.41) is 17.3. The molecule has 1 amide bonds. The summed E-state index contributed by atoms with van der Waals surface area (Å²) in [6, 6.07) is 15.1. The Morgan fingerprint density at radius 1 is 0.920 bits per heavy atom. The van der Waals surface area contributed by atoms with E-state index < -0.39 is 24.8 Å². The number of carbonyl (C=O) groups is 1. The second-order valence-electron chi connectivity index (χ2n) is 14.5. The van der Waals surface area contributed by atoms with Crippen LogP contribution in [0.5, 0.6) is 6.01 Å². The Bertz CT molecular complexity index is 1770. The van der Waals surface area contributed by atoms with Crippen LogP contribution in [0.15, 0.2) is 54.6 Å². The second kappa shape index (κ2) is 16.4. The topological polar surface area (TPSA) is 162 Å². The minimum Gasteiger partial charge on any atom is -0.463 e. The van der Waals surface area contributed by atoms with Gasteiger partial charge in [-0.3, -0.25) is 23.5 Å². The second-order valence-corrected chi connectivity index (χ2v) is 16.0. The molecule has 2 aromatic heterocycles. The highest BCUT2D eigenvalue weighted by Crippen LogP contribution is 2.55. The highest BCUT2D eigenvalue weighted by Gasteiger charge is 2.37. The van der Waals surface area contributed by atoms with E-state index in [1.165, 1.54) is 18.2 Å². The number of hydrogen-bond donors (Lipinski definition) is 4. The van der Waals surface area contributed by atoms with E-state index >= 15 is 0 Å². The molecular formula is C35H49FN7O6P. The molecule has 4 rings (SSSR count). The van der Waals surface area contributed by atoms with Gasteiger partial charge in [-0.25, -0.2) is 8.96 Å². The van der Waals surface area contributed by atoms with Gasteiger partial charge in [0.05, 0.1) is 36.4 Å². The third kappa shape index (κ3) is 13.1. The number of benzene rings is 2. The molecule has 4 aromatic rings. The summed E-state index contributed by atoms with van der Waals surface area (Å²) in [4.78, 5) is 21.6. The fourth-order valence-corrected chi connectivity index (χ4v) is 6.50. The summed E-state index contributed by atoms with van der Waals surface area (Å²) in [7, 11) is -3.78. The first kappa shape index (κ1) is 38.9. The largest absolute Gasteiger partial charge is 0.475 e. The highest BCUT2D eigenvalue weighted by atomic mass is 31.2. The number of anilines is 3. The number of aromatic nitrogens is 4. The Kier molecular flexibility index (Phi) is 12.7. The zero-order valence-corrected chi connectivity index (χ0v) is 30.9. The van der Waals surface area contributed by atoms with Crippen LogP contribution in [0.4, 0.5) is 21.7 Å². The number of hydrogen-bond acceptors (Lipinski definition) is 11. The fraction of sp³-hybridized carbons (Fsp3) is 0.486. The van der Waals surface area contributed by atoms with Gasteiger partial charge in [-0.1, -0.05) is 18.2 Å². The van der Waals surface area contributed by atoms with Crippen molar-refractivity contribution in [2.45, 2.75) is 91.4 Å². The van der Waals surface area contributed by atoms with Crippen LogP contribution in [0, 0.1) is 5.82 Å². The molecule has 0 radical (unpaired) electrons. The summed E-state index contributed by atoms with van der Waals surface area (Å²) in [5.41, 5.74) is -0.103. The number of carbonyl (C=O) groups excluding carboxylic acids is 1. The lowest BCUT2D eigenvalue weighted by molar-refractivity contribution is -0.115. The van der Waals surface area contributed by atoms with Gasteiger partial charge in [-0.05, 0) is 105 Å². The van der Waals surface area contributed by atoms with E-state index in [0.717, 1.165) is 5.39 Å². The lowest BCUT2D eigenvalue weighted by Crippen LogP contribution is -2.41. The molecule has 0 fully saturated rings. The van der Waals surface area contributed by atoms with Crippen molar-refractivity contribution >= 4 is 42.0 Å². The number of fused-ring (bicyclic) bond motifs is 1. The Morgan fingerprint density at radius 3 is 2.34 bits per heavy atom. The Hall–Kier alpha value is -3.94. The van der Waals surface area contributed by atoms with E-state index in [9.17, 15) is 13.8 Å². The number of phosphoric acid groups is 1.